The van der Waals surface area contributed by atoms with Gasteiger partial charge in [0.25, 0.3) is 11.1 Å². The lowest BCUT2D eigenvalue weighted by Gasteiger charge is -2.25. The Labute approximate surface area is 252 Å². The fraction of sp³-hybridized carbons (Fsp3) is 0.500. The van der Waals surface area contributed by atoms with Crippen molar-refractivity contribution in [3.8, 4) is 0 Å². The van der Waals surface area contributed by atoms with Crippen molar-refractivity contribution in [3.05, 3.63) is 33.4 Å². The van der Waals surface area contributed by atoms with E-state index in [2.05, 4.69) is 29.9 Å². The Morgan fingerprint density at radius 1 is 0.826 bits per heavy atom. The summed E-state index contributed by atoms with van der Waals surface area (Å²) in [5.74, 6) is -0.634. The van der Waals surface area contributed by atoms with Crippen molar-refractivity contribution in [2.45, 2.75) is 49.1 Å². The molecule has 0 spiro atoms. The Bertz CT molecular complexity index is 2050. The number of H-pyrrole nitrogens is 2. The van der Waals surface area contributed by atoms with E-state index in [0.717, 1.165) is 21.8 Å². The molecule has 0 saturated carbocycles. The second kappa shape index (κ2) is 11.0. The SMILES string of the molecule is Nc1nc2c(ncn2[C@H]2O[C@H]3COP(=O)(O)O[C@H]4[C@@H](O)[C@H](COP(=O)(O)O[C@@H]3[C@@H]2F)O[C@@H]4n2cnc3c(=O)[nH]c(N)nc32)c(=O)[nH]1. The number of nitrogen functional groups attached to an aromatic ring is 2. The molecule has 2 unspecified atom stereocenters. The third-order valence-electron chi connectivity index (χ3n) is 7.34. The summed E-state index contributed by atoms with van der Waals surface area (Å²) < 4.78 is 76.0. The first kappa shape index (κ1) is 31.0. The van der Waals surface area contributed by atoms with Gasteiger partial charge in [-0.25, -0.2) is 23.5 Å². The van der Waals surface area contributed by atoms with Crippen molar-refractivity contribution in [1.29, 1.82) is 0 Å². The van der Waals surface area contributed by atoms with Crippen LogP contribution in [0, 0.1) is 0 Å². The normalized spacial score (nSPS) is 37.1. The number of anilines is 2. The molecule has 10 atom stereocenters. The number of alkyl halides is 1. The maximum Gasteiger partial charge on any atom is 0.472 e. The van der Waals surface area contributed by atoms with Crippen LogP contribution in [0.2, 0.25) is 0 Å². The Morgan fingerprint density at radius 2 is 1.30 bits per heavy atom. The van der Waals surface area contributed by atoms with E-state index in [9.17, 15) is 33.6 Å². The van der Waals surface area contributed by atoms with Crippen molar-refractivity contribution in [1.82, 2.24) is 39.0 Å². The molecule has 0 aliphatic carbocycles. The fourth-order valence-electron chi connectivity index (χ4n) is 5.33. The van der Waals surface area contributed by atoms with Crippen LogP contribution in [-0.2, 0) is 36.7 Å². The number of nitrogens with zero attached hydrogens (tertiary/aromatic N) is 6. The Kier molecular flexibility index (Phi) is 7.37. The van der Waals surface area contributed by atoms with Crippen LogP contribution in [-0.4, -0.2) is 104 Å². The van der Waals surface area contributed by atoms with Gasteiger partial charge in [0.2, 0.25) is 11.9 Å². The largest absolute Gasteiger partial charge is 0.472 e. The molecule has 9 N–H and O–H groups in total. The number of aromatic nitrogens is 8. The molecule has 23 nitrogen and oxygen atoms in total. The van der Waals surface area contributed by atoms with Crippen LogP contribution in [0.1, 0.15) is 12.5 Å². The van der Waals surface area contributed by atoms with Crippen LogP contribution < -0.4 is 22.6 Å². The van der Waals surface area contributed by atoms with E-state index < -0.39 is 89.1 Å². The summed E-state index contributed by atoms with van der Waals surface area (Å²) in [6.45, 7) is -1.86. The van der Waals surface area contributed by atoms with Crippen molar-refractivity contribution in [2.75, 3.05) is 24.7 Å². The molecule has 4 aromatic rings. The summed E-state index contributed by atoms with van der Waals surface area (Å²) in [7, 11) is -10.4. The van der Waals surface area contributed by atoms with Crippen molar-refractivity contribution >= 4 is 49.9 Å². The molecule has 7 heterocycles. The number of aliphatic hydroxyl groups is 1. The molecule has 4 aromatic heterocycles. The number of phosphoric acid groups is 2. The standard InChI is InChI=1S/C20H23FN10O13P2/c21-7-11-6(42-17(7)30-3-24-8-13(30)26-19(22)28-15(8)33)2-40-46(37,38)44-12-10(32)5(1-39-45(35,36)43-11)41-18(12)31-4-25-9-14(31)27-20(23)29-16(9)34/h3-7,10-12,17-18,32H,1-2H2,(H,35,36)(H,37,38)(H3,22,26,28,33)(H3,23,27,29,34)/t5-,6-,7-,10-,11-,12-,17-,18-/m0/s1. The summed E-state index contributed by atoms with van der Waals surface area (Å²) in [5, 5.41) is 11.0. The Hall–Kier alpha value is -3.67. The van der Waals surface area contributed by atoms with Crippen molar-refractivity contribution in [2.24, 2.45) is 0 Å². The minimum atomic E-state index is -5.20. The predicted molar refractivity (Wildman–Crippen MR) is 145 cm³/mol. The number of aliphatic hydroxyl groups excluding tert-OH is 1. The number of nitrogens with one attached hydrogen (secondary N) is 2. The Morgan fingerprint density at radius 3 is 1.87 bits per heavy atom. The number of phosphoric ester groups is 2. The first-order valence-electron chi connectivity index (χ1n) is 13.1. The second-order valence-corrected chi connectivity index (χ2v) is 13.1. The first-order valence-corrected chi connectivity index (χ1v) is 16.1. The minimum absolute atomic E-state index is 0.160. The van der Waals surface area contributed by atoms with Crippen LogP contribution in [0.5, 0.6) is 0 Å². The molecular formula is C20H23FN10O13P2. The lowest BCUT2D eigenvalue weighted by Crippen LogP contribution is -2.35. The van der Waals surface area contributed by atoms with Gasteiger partial charge in [0.1, 0.15) is 30.5 Å². The van der Waals surface area contributed by atoms with E-state index in [4.69, 9.17) is 39.0 Å². The van der Waals surface area contributed by atoms with E-state index in [-0.39, 0.29) is 34.2 Å². The number of rotatable bonds is 2. The number of hydrogen-bond acceptors (Lipinski definition) is 17. The lowest BCUT2D eigenvalue weighted by atomic mass is 10.1. The average Bonchev–Trinajstić information content (AvgIpc) is 3.72. The number of ether oxygens (including phenoxy) is 2. The van der Waals surface area contributed by atoms with Gasteiger partial charge in [-0.05, 0) is 0 Å². The lowest BCUT2D eigenvalue weighted by molar-refractivity contribution is -0.0670. The molecule has 7 rings (SSSR count). The van der Waals surface area contributed by atoms with Crippen LogP contribution >= 0.6 is 15.6 Å². The zero-order valence-electron chi connectivity index (χ0n) is 22.7. The van der Waals surface area contributed by atoms with Crippen molar-refractivity contribution in [3.63, 3.8) is 0 Å². The highest BCUT2D eigenvalue weighted by Gasteiger charge is 2.54. The van der Waals surface area contributed by atoms with Crippen LogP contribution in [0.3, 0.4) is 0 Å². The smallest absolute Gasteiger partial charge is 0.387 e. The molecule has 248 valence electrons. The summed E-state index contributed by atoms with van der Waals surface area (Å²) in [4.78, 5) is 65.8. The summed E-state index contributed by atoms with van der Waals surface area (Å²) in [6.07, 6.45) is -12.3. The molecule has 2 bridgehead atoms. The zero-order valence-corrected chi connectivity index (χ0v) is 24.5. The molecule has 0 amide bonds. The summed E-state index contributed by atoms with van der Waals surface area (Å²) in [6, 6.07) is 0. The second-order valence-electron chi connectivity index (χ2n) is 10.3. The molecule has 0 radical (unpaired) electrons. The maximum atomic E-state index is 15.9. The van der Waals surface area contributed by atoms with Gasteiger partial charge in [0.15, 0.2) is 41.0 Å². The van der Waals surface area contributed by atoms with Crippen LogP contribution in [0.4, 0.5) is 16.3 Å². The van der Waals surface area contributed by atoms with Gasteiger partial charge in [0.05, 0.1) is 25.9 Å². The average molecular weight is 692 g/mol. The molecule has 3 saturated heterocycles. The van der Waals surface area contributed by atoms with Gasteiger partial charge in [0, 0.05) is 0 Å². The number of hydrogen-bond donors (Lipinski definition) is 7. The van der Waals surface area contributed by atoms with E-state index in [0.29, 0.717) is 0 Å². The molecule has 0 aromatic carbocycles. The van der Waals surface area contributed by atoms with Gasteiger partial charge in [-0.1, -0.05) is 0 Å². The zero-order chi connectivity index (χ0) is 32.7. The van der Waals surface area contributed by atoms with Crippen LogP contribution in [0.25, 0.3) is 22.3 Å². The van der Waals surface area contributed by atoms with Crippen molar-refractivity contribution < 1.29 is 56.0 Å². The van der Waals surface area contributed by atoms with Gasteiger partial charge < -0.3 is 35.8 Å². The van der Waals surface area contributed by atoms with E-state index in [1.54, 1.807) is 0 Å². The maximum absolute atomic E-state index is 15.9. The molecular weight excluding hydrogens is 669 g/mol. The highest BCUT2D eigenvalue weighted by molar-refractivity contribution is 7.47. The van der Waals surface area contributed by atoms with Gasteiger partial charge in [-0.3, -0.25) is 46.8 Å². The van der Waals surface area contributed by atoms with Gasteiger partial charge in [-0.2, -0.15) is 9.97 Å². The van der Waals surface area contributed by atoms with Gasteiger partial charge in [-0.15, -0.1) is 0 Å². The quantitative estimate of drug-likeness (QED) is 0.111. The third kappa shape index (κ3) is 5.32. The van der Waals surface area contributed by atoms with E-state index >= 15 is 4.39 Å². The highest BCUT2D eigenvalue weighted by atomic mass is 31.2. The number of aromatic amines is 2. The van der Waals surface area contributed by atoms with E-state index in [1.165, 1.54) is 0 Å². The molecule has 3 fully saturated rings. The highest BCUT2D eigenvalue weighted by Crippen LogP contribution is 2.54. The summed E-state index contributed by atoms with van der Waals surface area (Å²) in [5.41, 5.74) is 8.98. The number of nitrogens with two attached hydrogens (primary N) is 2. The monoisotopic (exact) mass is 692 g/mol. The van der Waals surface area contributed by atoms with E-state index in [1.807, 2.05) is 0 Å². The molecule has 3 aliphatic rings. The number of imidazole rings is 2. The molecule has 46 heavy (non-hydrogen) atoms. The number of halogens is 1. The predicted octanol–water partition coefficient (Wildman–Crippen LogP) is -2.07. The minimum Gasteiger partial charge on any atom is -0.387 e. The van der Waals surface area contributed by atoms with Crippen LogP contribution in [0.15, 0.2) is 22.2 Å². The Balaban J connectivity index is 1.21. The summed E-state index contributed by atoms with van der Waals surface area (Å²) >= 11 is 0. The fourth-order valence-corrected chi connectivity index (χ4v) is 7.22. The topological polar surface area (TPSA) is 329 Å². The molecule has 3 aliphatic heterocycles. The van der Waals surface area contributed by atoms with Gasteiger partial charge >= 0.3 is 15.6 Å². The number of fused-ring (bicyclic) bond motifs is 5. The third-order valence-corrected chi connectivity index (χ3v) is 9.31. The molecule has 26 heteroatoms. The first-order chi connectivity index (χ1) is 21.7.